The average molecular weight is 314 g/mol. The predicted molar refractivity (Wildman–Crippen MR) is 91.1 cm³/mol. The Bertz CT molecular complexity index is 671. The van der Waals surface area contributed by atoms with Crippen molar-refractivity contribution in [3.05, 3.63) is 41.9 Å². The molecule has 1 atom stereocenters. The van der Waals surface area contributed by atoms with Crippen molar-refractivity contribution in [2.45, 2.75) is 33.2 Å². The largest absolute Gasteiger partial charge is 0.495 e. The molecule has 1 aromatic carbocycles. The lowest BCUT2D eigenvalue weighted by atomic mass is 10.2. The molecule has 2 rings (SSSR count). The molecule has 6 nitrogen and oxygen atoms in total. The van der Waals surface area contributed by atoms with Crippen LogP contribution in [0, 0.1) is 6.92 Å². The van der Waals surface area contributed by atoms with Gasteiger partial charge in [0.1, 0.15) is 17.3 Å². The van der Waals surface area contributed by atoms with Gasteiger partial charge in [0.15, 0.2) is 0 Å². The number of amides is 1. The van der Waals surface area contributed by atoms with Crippen LogP contribution in [0.3, 0.4) is 0 Å². The maximum Gasteiger partial charge on any atom is 0.275 e. The highest BCUT2D eigenvalue weighted by atomic mass is 16.5. The number of methoxy groups -OCH3 is 1. The van der Waals surface area contributed by atoms with Gasteiger partial charge < -0.3 is 15.4 Å². The van der Waals surface area contributed by atoms with E-state index < -0.39 is 0 Å². The zero-order valence-electron chi connectivity index (χ0n) is 13.9. The third kappa shape index (κ3) is 4.42. The Morgan fingerprint density at radius 2 is 2.09 bits per heavy atom. The average Bonchev–Trinajstić information content (AvgIpc) is 2.55. The lowest BCUT2D eigenvalue weighted by Crippen LogP contribution is -2.17. The molecule has 0 fully saturated rings. The van der Waals surface area contributed by atoms with E-state index in [-0.39, 0.29) is 11.6 Å². The molecule has 6 heteroatoms. The quantitative estimate of drug-likeness (QED) is 0.856. The Labute approximate surface area is 136 Å². The Morgan fingerprint density at radius 3 is 2.70 bits per heavy atom. The van der Waals surface area contributed by atoms with E-state index in [0.717, 1.165) is 12.0 Å². The van der Waals surface area contributed by atoms with Crippen LogP contribution < -0.4 is 15.4 Å². The highest BCUT2D eigenvalue weighted by Crippen LogP contribution is 2.25. The number of hydrogen-bond acceptors (Lipinski definition) is 5. The molecular weight excluding hydrogens is 292 g/mol. The number of benzene rings is 1. The van der Waals surface area contributed by atoms with Crippen LogP contribution in [0.2, 0.25) is 0 Å². The summed E-state index contributed by atoms with van der Waals surface area (Å²) in [6.07, 6.45) is 4.01. The third-order valence-electron chi connectivity index (χ3n) is 3.49. The third-order valence-corrected chi connectivity index (χ3v) is 3.49. The summed E-state index contributed by atoms with van der Waals surface area (Å²) in [6, 6.07) is 5.89. The summed E-state index contributed by atoms with van der Waals surface area (Å²) in [4.78, 5) is 20.7. The summed E-state index contributed by atoms with van der Waals surface area (Å²) in [7, 11) is 1.56. The fraction of sp³-hybridized carbons (Fsp3) is 0.353. The van der Waals surface area contributed by atoms with Crippen LogP contribution in [0.1, 0.15) is 36.3 Å². The highest BCUT2D eigenvalue weighted by molar-refractivity contribution is 6.03. The molecule has 2 aromatic rings. The lowest BCUT2D eigenvalue weighted by molar-refractivity contribution is 0.102. The van der Waals surface area contributed by atoms with Crippen LogP contribution in [0.5, 0.6) is 5.75 Å². The first kappa shape index (κ1) is 16.7. The first-order valence-electron chi connectivity index (χ1n) is 7.58. The van der Waals surface area contributed by atoms with Crippen LogP contribution in [0.15, 0.2) is 30.6 Å². The summed E-state index contributed by atoms with van der Waals surface area (Å²) in [5.41, 5.74) is 1.89. The second kappa shape index (κ2) is 7.58. The van der Waals surface area contributed by atoms with Gasteiger partial charge in [-0.2, -0.15) is 0 Å². The van der Waals surface area contributed by atoms with E-state index in [9.17, 15) is 4.79 Å². The molecule has 1 amide bonds. The van der Waals surface area contributed by atoms with E-state index in [1.807, 2.05) is 25.1 Å². The Morgan fingerprint density at radius 1 is 1.30 bits per heavy atom. The summed E-state index contributed by atoms with van der Waals surface area (Å²) < 4.78 is 5.25. The standard InChI is InChI=1S/C17H22N4O2/c1-5-12(3)20-16-10-18-14(9-19-16)17(22)21-13-8-11(2)6-7-15(13)23-4/h6-10,12H,5H2,1-4H3,(H,19,20)(H,21,22). The molecule has 0 radical (unpaired) electrons. The normalized spacial score (nSPS) is 11.7. The van der Waals surface area contributed by atoms with Crippen LogP contribution >= 0.6 is 0 Å². The van der Waals surface area contributed by atoms with Crippen molar-refractivity contribution in [2.75, 3.05) is 17.7 Å². The zero-order valence-corrected chi connectivity index (χ0v) is 13.9. The van der Waals surface area contributed by atoms with Gasteiger partial charge >= 0.3 is 0 Å². The molecule has 0 saturated carbocycles. The van der Waals surface area contributed by atoms with Gasteiger partial charge in [0.05, 0.1) is 25.2 Å². The van der Waals surface area contributed by atoms with E-state index in [1.54, 1.807) is 13.3 Å². The van der Waals surface area contributed by atoms with Crippen LogP contribution in [0.25, 0.3) is 0 Å². The molecule has 0 aliphatic carbocycles. The molecule has 122 valence electrons. The van der Waals surface area contributed by atoms with Crippen LogP contribution in [-0.4, -0.2) is 29.0 Å². The number of ether oxygens (including phenoxy) is 1. The molecule has 0 bridgehead atoms. The molecule has 0 aliphatic heterocycles. The molecule has 2 N–H and O–H groups in total. The van der Waals surface area contributed by atoms with Gasteiger partial charge in [-0.3, -0.25) is 4.79 Å². The maximum atomic E-state index is 12.3. The van der Waals surface area contributed by atoms with Crippen LogP contribution in [0.4, 0.5) is 11.5 Å². The number of nitrogens with one attached hydrogen (secondary N) is 2. The predicted octanol–water partition coefficient (Wildman–Crippen LogP) is 3.26. The summed E-state index contributed by atoms with van der Waals surface area (Å²) in [5.74, 6) is 0.937. The Hall–Kier alpha value is -2.63. The second-order valence-electron chi connectivity index (χ2n) is 5.40. The van der Waals surface area contributed by atoms with E-state index >= 15 is 0 Å². The van der Waals surface area contributed by atoms with E-state index in [2.05, 4.69) is 34.4 Å². The lowest BCUT2D eigenvalue weighted by Gasteiger charge is -2.12. The van der Waals surface area contributed by atoms with E-state index in [0.29, 0.717) is 23.3 Å². The number of aryl methyl sites for hydroxylation is 1. The monoisotopic (exact) mass is 314 g/mol. The number of carbonyl (C=O) groups excluding carboxylic acids is 1. The van der Waals surface area contributed by atoms with Crippen molar-refractivity contribution >= 4 is 17.4 Å². The SMILES string of the molecule is CCC(C)Nc1cnc(C(=O)Nc2cc(C)ccc2OC)cn1. The Balaban J connectivity index is 2.10. The molecule has 0 spiro atoms. The minimum atomic E-state index is -0.323. The van der Waals surface area contributed by atoms with Gasteiger partial charge in [0.2, 0.25) is 0 Å². The van der Waals surface area contributed by atoms with Crippen LogP contribution in [-0.2, 0) is 0 Å². The fourth-order valence-corrected chi connectivity index (χ4v) is 1.98. The van der Waals surface area contributed by atoms with Crippen molar-refractivity contribution in [1.29, 1.82) is 0 Å². The molecular formula is C17H22N4O2. The molecule has 1 heterocycles. The second-order valence-corrected chi connectivity index (χ2v) is 5.40. The van der Waals surface area contributed by atoms with Crippen molar-refractivity contribution < 1.29 is 9.53 Å². The van der Waals surface area contributed by atoms with Crippen molar-refractivity contribution in [3.8, 4) is 5.75 Å². The summed E-state index contributed by atoms with van der Waals surface area (Å²) >= 11 is 0. The smallest absolute Gasteiger partial charge is 0.275 e. The maximum absolute atomic E-state index is 12.3. The summed E-state index contributed by atoms with van der Waals surface area (Å²) in [5, 5.41) is 6.01. The molecule has 23 heavy (non-hydrogen) atoms. The fourth-order valence-electron chi connectivity index (χ4n) is 1.98. The first-order chi connectivity index (χ1) is 11.0. The van der Waals surface area contributed by atoms with Gasteiger partial charge in [0, 0.05) is 6.04 Å². The topological polar surface area (TPSA) is 76.1 Å². The number of hydrogen-bond donors (Lipinski definition) is 2. The van der Waals surface area contributed by atoms with Crippen molar-refractivity contribution in [2.24, 2.45) is 0 Å². The summed E-state index contributed by atoms with van der Waals surface area (Å²) in [6.45, 7) is 6.10. The number of nitrogens with zero attached hydrogens (tertiary/aromatic N) is 2. The van der Waals surface area contributed by atoms with Crippen molar-refractivity contribution in [1.82, 2.24) is 9.97 Å². The highest BCUT2D eigenvalue weighted by Gasteiger charge is 2.12. The molecule has 1 unspecified atom stereocenters. The molecule has 0 saturated heterocycles. The number of anilines is 2. The van der Waals surface area contributed by atoms with Gasteiger partial charge in [-0.1, -0.05) is 13.0 Å². The molecule has 0 aliphatic rings. The Kier molecular flexibility index (Phi) is 5.51. The number of rotatable bonds is 6. The zero-order chi connectivity index (χ0) is 16.8. The van der Waals surface area contributed by atoms with Gasteiger partial charge in [-0.05, 0) is 38.0 Å². The molecule has 1 aromatic heterocycles. The first-order valence-corrected chi connectivity index (χ1v) is 7.58. The van der Waals surface area contributed by atoms with Gasteiger partial charge in [-0.15, -0.1) is 0 Å². The van der Waals surface area contributed by atoms with Gasteiger partial charge in [-0.25, -0.2) is 9.97 Å². The number of aromatic nitrogens is 2. The van der Waals surface area contributed by atoms with E-state index in [4.69, 9.17) is 4.74 Å². The van der Waals surface area contributed by atoms with Gasteiger partial charge in [0.25, 0.3) is 5.91 Å². The van der Waals surface area contributed by atoms with Crippen molar-refractivity contribution in [3.63, 3.8) is 0 Å². The minimum absolute atomic E-state index is 0.253. The minimum Gasteiger partial charge on any atom is -0.495 e. The number of carbonyl (C=O) groups is 1. The van der Waals surface area contributed by atoms with E-state index in [1.165, 1.54) is 6.20 Å².